The van der Waals surface area contributed by atoms with Crippen molar-refractivity contribution >= 4 is 54.9 Å². The highest BCUT2D eigenvalue weighted by Gasteiger charge is 2.28. The molecule has 0 radical (unpaired) electrons. The van der Waals surface area contributed by atoms with Gasteiger partial charge in [0.2, 0.25) is 11.8 Å². The van der Waals surface area contributed by atoms with Gasteiger partial charge in [-0.15, -0.1) is 11.3 Å². The number of nitrogens with zero attached hydrogens (tertiary/aromatic N) is 4. The highest BCUT2D eigenvalue weighted by molar-refractivity contribution is 7.93. The number of carbonyl (C=O) groups is 2. The van der Waals surface area contributed by atoms with E-state index in [4.69, 9.17) is 0 Å². The van der Waals surface area contributed by atoms with Crippen LogP contribution in [0, 0.1) is 6.92 Å². The first kappa shape index (κ1) is 23.1. The lowest BCUT2D eigenvalue weighted by molar-refractivity contribution is -0.137. The monoisotopic (exact) mass is 509 g/mol. The second kappa shape index (κ2) is 9.16. The molecule has 1 N–H and O–H groups in total. The second-order valence-corrected chi connectivity index (χ2v) is 10.8. The first-order valence-corrected chi connectivity index (χ1v) is 13.3. The Bertz CT molecular complexity index is 1490. The standard InChI is InChI=1S/C24H23N5O4S2/c1-17-14-28(21-5-3-2-4-20(17)21)15-22(30)27-11-12-29(23(31)16-27)18-6-8-19(9-7-18)35(32,33)26-24-25-10-13-34-24/h2-10,13-14H,11-12,15-16H2,1H3,(H,25,26). The van der Waals surface area contributed by atoms with Crippen molar-refractivity contribution in [2.45, 2.75) is 18.4 Å². The molecule has 0 bridgehead atoms. The van der Waals surface area contributed by atoms with Crippen molar-refractivity contribution < 1.29 is 18.0 Å². The van der Waals surface area contributed by atoms with Crippen molar-refractivity contribution in [3.05, 3.63) is 71.9 Å². The number of para-hydroxylation sites is 1. The first-order valence-electron chi connectivity index (χ1n) is 11.0. The van der Waals surface area contributed by atoms with E-state index in [1.54, 1.807) is 27.3 Å². The summed E-state index contributed by atoms with van der Waals surface area (Å²) < 4.78 is 29.4. The van der Waals surface area contributed by atoms with Crippen LogP contribution < -0.4 is 9.62 Å². The average Bonchev–Trinajstić information content (AvgIpc) is 3.46. The Kier molecular flexibility index (Phi) is 6.03. The van der Waals surface area contributed by atoms with Gasteiger partial charge in [0.15, 0.2) is 5.13 Å². The van der Waals surface area contributed by atoms with Crippen LogP contribution >= 0.6 is 11.3 Å². The normalized spacial score (nSPS) is 14.5. The summed E-state index contributed by atoms with van der Waals surface area (Å²) in [4.78, 5) is 33.0. The third kappa shape index (κ3) is 4.64. The Morgan fingerprint density at radius 3 is 2.60 bits per heavy atom. The summed E-state index contributed by atoms with van der Waals surface area (Å²) in [7, 11) is -3.77. The van der Waals surface area contributed by atoms with E-state index in [2.05, 4.69) is 9.71 Å². The summed E-state index contributed by atoms with van der Waals surface area (Å²) >= 11 is 1.19. The summed E-state index contributed by atoms with van der Waals surface area (Å²) in [5, 5.41) is 3.07. The van der Waals surface area contributed by atoms with Crippen LogP contribution in [0.1, 0.15) is 5.56 Å². The molecule has 5 rings (SSSR count). The fraction of sp³-hybridized carbons (Fsp3) is 0.208. The van der Waals surface area contributed by atoms with E-state index in [1.165, 1.54) is 29.7 Å². The van der Waals surface area contributed by atoms with E-state index in [-0.39, 0.29) is 34.9 Å². The number of benzene rings is 2. The van der Waals surface area contributed by atoms with E-state index >= 15 is 0 Å². The number of aryl methyl sites for hydroxylation is 1. The Labute approximate surface area is 206 Å². The van der Waals surface area contributed by atoms with Gasteiger partial charge in [0.05, 0.1) is 4.90 Å². The molecule has 0 saturated carbocycles. The number of rotatable bonds is 6. The third-order valence-corrected chi connectivity index (χ3v) is 8.15. The van der Waals surface area contributed by atoms with Crippen LogP contribution in [-0.2, 0) is 26.2 Å². The summed E-state index contributed by atoms with van der Waals surface area (Å²) in [6.45, 7) is 2.88. The SMILES string of the molecule is Cc1cn(CC(=O)N2CCN(c3ccc(S(=O)(=O)Nc4nccs4)cc3)C(=O)C2)c2ccccc12. The molecule has 2 amide bonds. The van der Waals surface area contributed by atoms with Crippen LogP contribution in [0.25, 0.3) is 10.9 Å². The number of anilines is 2. The molecule has 11 heteroatoms. The molecule has 9 nitrogen and oxygen atoms in total. The highest BCUT2D eigenvalue weighted by atomic mass is 32.2. The second-order valence-electron chi connectivity index (χ2n) is 8.25. The molecular weight excluding hydrogens is 486 g/mol. The quantitative estimate of drug-likeness (QED) is 0.430. The molecule has 2 aromatic carbocycles. The molecule has 180 valence electrons. The molecule has 1 saturated heterocycles. The van der Waals surface area contributed by atoms with Crippen LogP contribution in [0.4, 0.5) is 10.8 Å². The first-order chi connectivity index (χ1) is 16.8. The summed E-state index contributed by atoms with van der Waals surface area (Å²) in [6.07, 6.45) is 3.48. The van der Waals surface area contributed by atoms with Gasteiger partial charge in [-0.1, -0.05) is 18.2 Å². The van der Waals surface area contributed by atoms with Crippen LogP contribution in [0.5, 0.6) is 0 Å². The molecular formula is C24H23N5O4S2. The van der Waals surface area contributed by atoms with E-state index in [0.29, 0.717) is 18.8 Å². The summed E-state index contributed by atoms with van der Waals surface area (Å²) in [5.74, 6) is -0.330. The third-order valence-electron chi connectivity index (χ3n) is 5.98. The van der Waals surface area contributed by atoms with Crippen LogP contribution in [0.3, 0.4) is 0 Å². The minimum atomic E-state index is -3.77. The van der Waals surface area contributed by atoms with Gasteiger partial charge in [-0.05, 0) is 42.8 Å². The fourth-order valence-corrected chi connectivity index (χ4v) is 6.01. The summed E-state index contributed by atoms with van der Waals surface area (Å²) in [6, 6.07) is 14.0. The maximum atomic E-state index is 13.0. The van der Waals surface area contributed by atoms with Crippen molar-refractivity contribution in [2.75, 3.05) is 29.3 Å². The number of hydrogen-bond donors (Lipinski definition) is 1. The number of hydrogen-bond acceptors (Lipinski definition) is 6. The number of carbonyl (C=O) groups excluding carboxylic acids is 2. The lowest BCUT2D eigenvalue weighted by Gasteiger charge is -2.34. The van der Waals surface area contributed by atoms with Gasteiger partial charge in [0, 0.05) is 47.5 Å². The number of thiazole rings is 1. The predicted molar refractivity (Wildman–Crippen MR) is 135 cm³/mol. The van der Waals surface area contributed by atoms with Gasteiger partial charge < -0.3 is 14.4 Å². The molecule has 0 spiro atoms. The Morgan fingerprint density at radius 2 is 1.89 bits per heavy atom. The molecule has 1 fully saturated rings. The van der Waals surface area contributed by atoms with Crippen molar-refractivity contribution in [2.24, 2.45) is 0 Å². The Balaban J connectivity index is 1.24. The lowest BCUT2D eigenvalue weighted by atomic mass is 10.2. The fourth-order valence-electron chi connectivity index (χ4n) is 4.22. The highest BCUT2D eigenvalue weighted by Crippen LogP contribution is 2.24. The number of aromatic nitrogens is 2. The van der Waals surface area contributed by atoms with E-state index in [0.717, 1.165) is 16.5 Å². The molecule has 35 heavy (non-hydrogen) atoms. The zero-order valence-electron chi connectivity index (χ0n) is 18.9. The smallest absolute Gasteiger partial charge is 0.263 e. The Morgan fingerprint density at radius 1 is 1.11 bits per heavy atom. The van der Waals surface area contributed by atoms with E-state index in [1.807, 2.05) is 42.0 Å². The van der Waals surface area contributed by atoms with Gasteiger partial charge in [-0.25, -0.2) is 13.4 Å². The van der Waals surface area contributed by atoms with Gasteiger partial charge >= 0.3 is 0 Å². The molecule has 0 atom stereocenters. The summed E-state index contributed by atoms with van der Waals surface area (Å²) in [5.41, 5.74) is 2.67. The zero-order valence-corrected chi connectivity index (χ0v) is 20.6. The van der Waals surface area contributed by atoms with Gasteiger partial charge in [0.25, 0.3) is 10.0 Å². The number of piperazine rings is 1. The molecule has 1 aliphatic heterocycles. The van der Waals surface area contributed by atoms with Gasteiger partial charge in [0.1, 0.15) is 13.1 Å². The van der Waals surface area contributed by atoms with Crippen LogP contribution in [0.15, 0.2) is 71.2 Å². The average molecular weight is 510 g/mol. The van der Waals surface area contributed by atoms with Crippen LogP contribution in [-0.4, -0.2) is 54.3 Å². The van der Waals surface area contributed by atoms with Gasteiger partial charge in [-0.3, -0.25) is 14.3 Å². The van der Waals surface area contributed by atoms with Crippen molar-refractivity contribution in [3.63, 3.8) is 0 Å². The number of sulfonamides is 1. The van der Waals surface area contributed by atoms with Crippen LogP contribution in [0.2, 0.25) is 0 Å². The molecule has 2 aromatic heterocycles. The molecule has 0 unspecified atom stereocenters. The van der Waals surface area contributed by atoms with Gasteiger partial charge in [-0.2, -0.15) is 0 Å². The maximum Gasteiger partial charge on any atom is 0.263 e. The molecule has 1 aliphatic rings. The molecule has 3 heterocycles. The maximum absolute atomic E-state index is 13.0. The lowest BCUT2D eigenvalue weighted by Crippen LogP contribution is -2.53. The molecule has 0 aliphatic carbocycles. The number of amides is 2. The van der Waals surface area contributed by atoms with E-state index in [9.17, 15) is 18.0 Å². The van der Waals surface area contributed by atoms with Crippen molar-refractivity contribution in [1.82, 2.24) is 14.5 Å². The van der Waals surface area contributed by atoms with Crippen molar-refractivity contribution in [1.29, 1.82) is 0 Å². The minimum Gasteiger partial charge on any atom is -0.338 e. The Hall–Kier alpha value is -3.70. The number of fused-ring (bicyclic) bond motifs is 1. The molecule has 4 aromatic rings. The predicted octanol–water partition coefficient (Wildman–Crippen LogP) is 3.08. The largest absolute Gasteiger partial charge is 0.338 e. The minimum absolute atomic E-state index is 0.0251. The zero-order chi connectivity index (χ0) is 24.6. The van der Waals surface area contributed by atoms with E-state index < -0.39 is 10.0 Å². The number of nitrogens with one attached hydrogen (secondary N) is 1. The van der Waals surface area contributed by atoms with Crippen molar-refractivity contribution in [3.8, 4) is 0 Å². The topological polar surface area (TPSA) is 105 Å².